The Labute approximate surface area is 171 Å². The van der Waals surface area contributed by atoms with Crippen LogP contribution in [-0.2, 0) is 11.3 Å². The summed E-state index contributed by atoms with van der Waals surface area (Å²) in [4.78, 5) is 39.7. The number of hydrogen-bond donors (Lipinski definition) is 1. The highest BCUT2D eigenvalue weighted by molar-refractivity contribution is 5.90. The number of carbonyl (C=O) groups is 1. The molecule has 2 aromatic carbocycles. The van der Waals surface area contributed by atoms with Crippen LogP contribution in [0.5, 0.6) is 0 Å². The van der Waals surface area contributed by atoms with Gasteiger partial charge < -0.3 is 5.32 Å². The van der Waals surface area contributed by atoms with Crippen LogP contribution in [0.4, 0.5) is 20.2 Å². The number of benzene rings is 2. The van der Waals surface area contributed by atoms with Crippen LogP contribution in [0.1, 0.15) is 0 Å². The molecule has 12 heteroatoms. The van der Waals surface area contributed by atoms with Crippen LogP contribution in [0.3, 0.4) is 0 Å². The van der Waals surface area contributed by atoms with E-state index in [2.05, 4.69) is 15.4 Å². The molecule has 2 heterocycles. The molecule has 0 fully saturated rings. The number of halogens is 2. The summed E-state index contributed by atoms with van der Waals surface area (Å²) < 4.78 is 28.8. The van der Waals surface area contributed by atoms with Crippen molar-refractivity contribution < 1.29 is 18.5 Å². The Kier molecular flexibility index (Phi) is 4.95. The third kappa shape index (κ3) is 3.73. The molecule has 0 aliphatic rings. The van der Waals surface area contributed by atoms with Crippen LogP contribution in [0.15, 0.2) is 59.8 Å². The summed E-state index contributed by atoms with van der Waals surface area (Å²) >= 11 is 0. The van der Waals surface area contributed by atoms with Gasteiger partial charge in [-0.1, -0.05) is 12.1 Å². The van der Waals surface area contributed by atoms with Gasteiger partial charge in [0.2, 0.25) is 5.91 Å². The molecular weight excluding hydrogens is 414 g/mol. The van der Waals surface area contributed by atoms with Crippen LogP contribution in [0, 0.1) is 21.7 Å². The topological polar surface area (TPSA) is 125 Å². The lowest BCUT2D eigenvalue weighted by atomic mass is 10.2. The third-order valence-electron chi connectivity index (χ3n) is 4.38. The largest absolute Gasteiger partial charge is 0.322 e. The molecular formula is C19H12F2N6O4. The number of nitro groups is 1. The van der Waals surface area contributed by atoms with E-state index in [1.54, 1.807) is 6.07 Å². The first-order valence-corrected chi connectivity index (χ1v) is 8.77. The smallest absolute Gasteiger partial charge is 0.294 e. The van der Waals surface area contributed by atoms with Gasteiger partial charge in [-0.15, -0.1) is 0 Å². The standard InChI is InChI=1S/C19H12F2N6O4/c20-11-5-6-14(13(21)7-11)24-17(28)9-25-10-22-18-12(19(25)29)8-23-26(18)15-3-1-2-4-16(15)27(30)31/h1-8,10H,9H2,(H,24,28). The van der Waals surface area contributed by atoms with Gasteiger partial charge >= 0.3 is 0 Å². The highest BCUT2D eigenvalue weighted by Gasteiger charge is 2.19. The zero-order valence-electron chi connectivity index (χ0n) is 15.5. The number of anilines is 1. The summed E-state index contributed by atoms with van der Waals surface area (Å²) in [6.45, 7) is -0.491. The fourth-order valence-corrected chi connectivity index (χ4v) is 2.97. The summed E-state index contributed by atoms with van der Waals surface area (Å²) in [5.41, 5.74) is -0.890. The zero-order chi connectivity index (χ0) is 22.1. The van der Waals surface area contributed by atoms with Crippen molar-refractivity contribution in [2.75, 3.05) is 5.32 Å². The molecule has 1 amide bonds. The minimum atomic E-state index is -0.958. The Morgan fingerprint density at radius 1 is 1.19 bits per heavy atom. The van der Waals surface area contributed by atoms with E-state index in [4.69, 9.17) is 0 Å². The number of nitrogens with one attached hydrogen (secondary N) is 1. The minimum absolute atomic E-state index is 0.0291. The number of amides is 1. The van der Waals surface area contributed by atoms with Crippen molar-refractivity contribution in [1.29, 1.82) is 0 Å². The highest BCUT2D eigenvalue weighted by Crippen LogP contribution is 2.24. The van der Waals surface area contributed by atoms with Gasteiger partial charge in [0.15, 0.2) is 5.65 Å². The summed E-state index contributed by atoms with van der Waals surface area (Å²) in [5.74, 6) is -2.49. The quantitative estimate of drug-likeness (QED) is 0.386. The van der Waals surface area contributed by atoms with Crippen LogP contribution in [-0.4, -0.2) is 30.2 Å². The zero-order valence-corrected chi connectivity index (χ0v) is 15.5. The molecule has 0 atom stereocenters. The lowest BCUT2D eigenvalue weighted by Crippen LogP contribution is -2.28. The second-order valence-corrected chi connectivity index (χ2v) is 6.39. The van der Waals surface area contributed by atoms with Crippen molar-refractivity contribution in [3.8, 4) is 5.69 Å². The Hall–Kier alpha value is -4.48. The van der Waals surface area contributed by atoms with Crippen molar-refractivity contribution >= 4 is 28.3 Å². The maximum atomic E-state index is 13.7. The molecule has 156 valence electrons. The number of fused-ring (bicyclic) bond motifs is 1. The number of nitro benzene ring substituents is 1. The van der Waals surface area contributed by atoms with E-state index in [9.17, 15) is 28.5 Å². The maximum Gasteiger partial charge on any atom is 0.294 e. The van der Waals surface area contributed by atoms with Gasteiger partial charge in [0, 0.05) is 12.1 Å². The van der Waals surface area contributed by atoms with Crippen molar-refractivity contribution in [3.05, 3.63) is 87.1 Å². The number of aromatic nitrogens is 4. The average Bonchev–Trinajstić information content (AvgIpc) is 3.17. The number of nitrogens with zero attached hydrogens (tertiary/aromatic N) is 5. The van der Waals surface area contributed by atoms with E-state index >= 15 is 0 Å². The fraction of sp³-hybridized carbons (Fsp3) is 0.0526. The van der Waals surface area contributed by atoms with Crippen LogP contribution in [0.25, 0.3) is 16.7 Å². The molecule has 0 radical (unpaired) electrons. The van der Waals surface area contributed by atoms with Gasteiger partial charge in [-0.05, 0) is 18.2 Å². The second kappa shape index (κ2) is 7.74. The van der Waals surface area contributed by atoms with Gasteiger partial charge in [0.25, 0.3) is 11.2 Å². The number of rotatable bonds is 5. The first kappa shape index (κ1) is 19.8. The summed E-state index contributed by atoms with van der Waals surface area (Å²) in [7, 11) is 0. The van der Waals surface area contributed by atoms with Gasteiger partial charge in [0.05, 0.1) is 16.8 Å². The molecule has 0 saturated heterocycles. The molecule has 0 unspecified atom stereocenters. The molecule has 0 bridgehead atoms. The van der Waals surface area contributed by atoms with Gasteiger partial charge in [-0.2, -0.15) is 5.10 Å². The Balaban J connectivity index is 1.65. The Bertz CT molecular complexity index is 1400. The molecule has 4 rings (SSSR count). The van der Waals surface area contributed by atoms with Gasteiger partial charge in [-0.3, -0.25) is 24.3 Å². The van der Waals surface area contributed by atoms with Crippen molar-refractivity contribution in [3.63, 3.8) is 0 Å². The molecule has 31 heavy (non-hydrogen) atoms. The molecule has 2 aromatic heterocycles. The van der Waals surface area contributed by atoms with E-state index in [0.717, 1.165) is 27.7 Å². The molecule has 0 saturated carbocycles. The number of hydrogen-bond acceptors (Lipinski definition) is 6. The first-order chi connectivity index (χ1) is 14.8. The van der Waals surface area contributed by atoms with Crippen LogP contribution >= 0.6 is 0 Å². The second-order valence-electron chi connectivity index (χ2n) is 6.39. The van der Waals surface area contributed by atoms with Crippen molar-refractivity contribution in [2.24, 2.45) is 0 Å². The van der Waals surface area contributed by atoms with Crippen LogP contribution in [0.2, 0.25) is 0 Å². The fourth-order valence-electron chi connectivity index (χ4n) is 2.97. The van der Waals surface area contributed by atoms with E-state index in [1.165, 1.54) is 24.4 Å². The normalized spacial score (nSPS) is 10.9. The van der Waals surface area contributed by atoms with E-state index < -0.39 is 34.6 Å². The molecule has 4 aromatic rings. The predicted molar refractivity (Wildman–Crippen MR) is 105 cm³/mol. The molecule has 0 aliphatic heterocycles. The van der Waals surface area contributed by atoms with Crippen LogP contribution < -0.4 is 10.9 Å². The lowest BCUT2D eigenvalue weighted by Gasteiger charge is -2.08. The molecule has 0 spiro atoms. The van der Waals surface area contributed by atoms with Crippen molar-refractivity contribution in [1.82, 2.24) is 19.3 Å². The first-order valence-electron chi connectivity index (χ1n) is 8.77. The SMILES string of the molecule is O=C(Cn1cnc2c(cnn2-c2ccccc2[N+](=O)[O-])c1=O)Nc1ccc(F)cc1F. The van der Waals surface area contributed by atoms with Crippen molar-refractivity contribution in [2.45, 2.75) is 6.54 Å². The number of carbonyl (C=O) groups excluding carboxylic acids is 1. The Morgan fingerprint density at radius 2 is 1.97 bits per heavy atom. The molecule has 10 nitrogen and oxygen atoms in total. The van der Waals surface area contributed by atoms with Gasteiger partial charge in [0.1, 0.15) is 35.6 Å². The van der Waals surface area contributed by atoms with E-state index in [1.807, 2.05) is 0 Å². The average molecular weight is 426 g/mol. The minimum Gasteiger partial charge on any atom is -0.322 e. The van der Waals surface area contributed by atoms with E-state index in [-0.39, 0.29) is 28.1 Å². The van der Waals surface area contributed by atoms with E-state index in [0.29, 0.717) is 6.07 Å². The molecule has 1 N–H and O–H groups in total. The lowest BCUT2D eigenvalue weighted by molar-refractivity contribution is -0.384. The summed E-state index contributed by atoms with van der Waals surface area (Å²) in [6, 6.07) is 8.49. The summed E-state index contributed by atoms with van der Waals surface area (Å²) in [5, 5.41) is 17.6. The summed E-state index contributed by atoms with van der Waals surface area (Å²) in [6.07, 6.45) is 2.27. The predicted octanol–water partition coefficient (Wildman–Crippen LogP) is 2.41. The highest BCUT2D eigenvalue weighted by atomic mass is 19.1. The Morgan fingerprint density at radius 3 is 2.71 bits per heavy atom. The van der Waals surface area contributed by atoms with Gasteiger partial charge in [-0.25, -0.2) is 18.4 Å². The monoisotopic (exact) mass is 426 g/mol. The number of para-hydroxylation sites is 2. The maximum absolute atomic E-state index is 13.7. The third-order valence-corrected chi connectivity index (χ3v) is 4.38. The molecule has 0 aliphatic carbocycles.